The van der Waals surface area contributed by atoms with Crippen LogP contribution in [0.2, 0.25) is 0 Å². The number of ether oxygens (including phenoxy) is 1. The highest BCUT2D eigenvalue weighted by Gasteiger charge is 2.46. The number of amides is 1. The second-order valence-corrected chi connectivity index (χ2v) is 9.44. The Balaban J connectivity index is 1.95. The lowest BCUT2D eigenvalue weighted by Gasteiger charge is -2.28. The van der Waals surface area contributed by atoms with Gasteiger partial charge in [0.05, 0.1) is 18.7 Å². The average molecular weight is 436 g/mol. The molecular formula is C26H30FN3O2. The van der Waals surface area contributed by atoms with E-state index in [9.17, 15) is 9.18 Å². The highest BCUT2D eigenvalue weighted by Crippen LogP contribution is 2.43. The molecule has 1 amide bonds. The van der Waals surface area contributed by atoms with Crippen LogP contribution in [0.15, 0.2) is 64.8 Å². The standard InChI is InChI=1S/C26H30FN3O2/c1-16(2)14-21-22-23(29-26(3,4)15-28-21)25(31)30(19-10-12-20(32-5)13-11-19)24(22)17-6-8-18(27)9-7-17/h6-13,16,24,28H,14-15H2,1-5H3. The van der Waals surface area contributed by atoms with E-state index in [1.54, 1.807) is 24.1 Å². The highest BCUT2D eigenvalue weighted by molar-refractivity contribution is 6.53. The molecule has 2 aliphatic rings. The fourth-order valence-electron chi connectivity index (χ4n) is 4.34. The first-order valence-electron chi connectivity index (χ1n) is 11.0. The third-order valence-corrected chi connectivity index (χ3v) is 5.83. The number of rotatable bonds is 5. The summed E-state index contributed by atoms with van der Waals surface area (Å²) in [5.74, 6) is 0.663. The van der Waals surface area contributed by atoms with Crippen molar-refractivity contribution in [3.05, 3.63) is 71.2 Å². The lowest BCUT2D eigenvalue weighted by molar-refractivity contribution is -0.112. The summed E-state index contributed by atoms with van der Waals surface area (Å²) in [5, 5.41) is 3.59. The summed E-state index contributed by atoms with van der Waals surface area (Å²) < 4.78 is 19.1. The smallest absolute Gasteiger partial charge is 0.277 e. The second-order valence-electron chi connectivity index (χ2n) is 9.44. The summed E-state index contributed by atoms with van der Waals surface area (Å²) in [6.45, 7) is 9.02. The summed E-state index contributed by atoms with van der Waals surface area (Å²) in [5.41, 5.74) is 3.56. The van der Waals surface area contributed by atoms with E-state index >= 15 is 0 Å². The average Bonchev–Trinajstić information content (AvgIpc) is 2.95. The van der Waals surface area contributed by atoms with Crippen molar-refractivity contribution in [2.24, 2.45) is 10.9 Å². The van der Waals surface area contributed by atoms with Crippen LogP contribution in [0.4, 0.5) is 10.1 Å². The Bertz CT molecular complexity index is 1070. The van der Waals surface area contributed by atoms with Crippen LogP contribution in [0.25, 0.3) is 0 Å². The lowest BCUT2D eigenvalue weighted by Crippen LogP contribution is -2.35. The monoisotopic (exact) mass is 435 g/mol. The molecule has 0 bridgehead atoms. The largest absolute Gasteiger partial charge is 0.497 e. The third kappa shape index (κ3) is 4.14. The van der Waals surface area contributed by atoms with Gasteiger partial charge in [-0.15, -0.1) is 0 Å². The van der Waals surface area contributed by atoms with Gasteiger partial charge in [-0.2, -0.15) is 0 Å². The maximum Gasteiger partial charge on any atom is 0.277 e. The van der Waals surface area contributed by atoms with Crippen molar-refractivity contribution in [1.29, 1.82) is 0 Å². The lowest BCUT2D eigenvalue weighted by atomic mass is 9.93. The van der Waals surface area contributed by atoms with Crippen LogP contribution in [-0.4, -0.2) is 30.8 Å². The number of carbonyl (C=O) groups is 1. The van der Waals surface area contributed by atoms with Crippen LogP contribution in [-0.2, 0) is 4.79 Å². The fourth-order valence-corrected chi connectivity index (χ4v) is 4.34. The molecule has 2 aliphatic heterocycles. The molecule has 1 N–H and O–H groups in total. The van der Waals surface area contributed by atoms with Crippen LogP contribution in [0.3, 0.4) is 0 Å². The number of hydrogen-bond donors (Lipinski definition) is 1. The van der Waals surface area contributed by atoms with Crippen molar-refractivity contribution < 1.29 is 13.9 Å². The first-order chi connectivity index (χ1) is 15.2. The minimum absolute atomic E-state index is 0.141. The van der Waals surface area contributed by atoms with Crippen molar-refractivity contribution in [2.45, 2.75) is 45.7 Å². The van der Waals surface area contributed by atoms with Crippen LogP contribution in [0.5, 0.6) is 5.75 Å². The van der Waals surface area contributed by atoms with E-state index in [-0.39, 0.29) is 11.7 Å². The summed E-state index contributed by atoms with van der Waals surface area (Å²) in [6, 6.07) is 13.4. The molecule has 1 saturated heterocycles. The summed E-state index contributed by atoms with van der Waals surface area (Å²) >= 11 is 0. The Morgan fingerprint density at radius 2 is 1.81 bits per heavy atom. The molecule has 0 radical (unpaired) electrons. The van der Waals surface area contributed by atoms with Gasteiger partial charge in [0.1, 0.15) is 17.3 Å². The first kappa shape index (κ1) is 22.1. The topological polar surface area (TPSA) is 53.9 Å². The Morgan fingerprint density at radius 3 is 2.41 bits per heavy atom. The summed E-state index contributed by atoms with van der Waals surface area (Å²) in [4.78, 5) is 20.5. The number of nitrogens with zero attached hydrogens (tertiary/aromatic N) is 2. The first-order valence-corrected chi connectivity index (χ1v) is 11.0. The maximum absolute atomic E-state index is 13.8. The van der Waals surface area contributed by atoms with Crippen molar-refractivity contribution in [1.82, 2.24) is 5.32 Å². The van der Waals surface area contributed by atoms with E-state index in [0.717, 1.165) is 28.9 Å². The zero-order valence-corrected chi connectivity index (χ0v) is 19.3. The van der Waals surface area contributed by atoms with Gasteiger partial charge in [0.15, 0.2) is 0 Å². The SMILES string of the molecule is COc1ccc(N2C(=O)C3=NC(C)(C)CNC(CC(C)C)=C3C2c2ccc(F)cc2)cc1. The maximum atomic E-state index is 13.8. The molecule has 32 heavy (non-hydrogen) atoms. The molecule has 2 heterocycles. The number of fused-ring (bicyclic) bond motifs is 1. The van der Waals surface area contributed by atoms with Gasteiger partial charge in [-0.25, -0.2) is 4.39 Å². The molecule has 1 fully saturated rings. The Morgan fingerprint density at radius 1 is 1.16 bits per heavy atom. The van der Waals surface area contributed by atoms with E-state index in [2.05, 4.69) is 19.2 Å². The molecule has 4 rings (SSSR count). The molecule has 1 unspecified atom stereocenters. The molecule has 0 saturated carbocycles. The van der Waals surface area contributed by atoms with E-state index in [1.807, 2.05) is 38.1 Å². The van der Waals surface area contributed by atoms with Gasteiger partial charge in [0.25, 0.3) is 5.91 Å². The number of anilines is 1. The van der Waals surface area contributed by atoms with Gasteiger partial charge < -0.3 is 10.1 Å². The molecule has 0 spiro atoms. The van der Waals surface area contributed by atoms with Crippen LogP contribution < -0.4 is 15.0 Å². The number of nitrogens with one attached hydrogen (secondary N) is 1. The van der Waals surface area contributed by atoms with Gasteiger partial charge in [-0.05, 0) is 68.1 Å². The van der Waals surface area contributed by atoms with Crippen LogP contribution >= 0.6 is 0 Å². The molecule has 5 nitrogen and oxygen atoms in total. The quantitative estimate of drug-likeness (QED) is 0.715. The van der Waals surface area contributed by atoms with E-state index in [1.165, 1.54) is 12.1 Å². The van der Waals surface area contributed by atoms with Gasteiger partial charge in [-0.3, -0.25) is 14.7 Å². The molecule has 2 aromatic carbocycles. The number of hydrogen-bond acceptors (Lipinski definition) is 4. The fraction of sp³-hybridized carbons (Fsp3) is 0.385. The van der Waals surface area contributed by atoms with Crippen molar-refractivity contribution in [3.63, 3.8) is 0 Å². The second kappa shape index (κ2) is 8.41. The predicted molar refractivity (Wildman–Crippen MR) is 126 cm³/mol. The zero-order valence-electron chi connectivity index (χ0n) is 19.3. The summed E-state index contributed by atoms with van der Waals surface area (Å²) in [6.07, 6.45) is 0.797. The van der Waals surface area contributed by atoms with E-state index < -0.39 is 11.6 Å². The number of methoxy groups -OCH3 is 1. The van der Waals surface area contributed by atoms with Crippen LogP contribution in [0.1, 0.15) is 45.7 Å². The number of carbonyl (C=O) groups excluding carboxylic acids is 1. The van der Waals surface area contributed by atoms with E-state index in [0.29, 0.717) is 23.9 Å². The van der Waals surface area contributed by atoms with Gasteiger partial charge in [-0.1, -0.05) is 26.0 Å². The van der Waals surface area contributed by atoms with Crippen molar-refractivity contribution >= 4 is 17.3 Å². The third-order valence-electron chi connectivity index (χ3n) is 5.83. The molecule has 0 aromatic heterocycles. The van der Waals surface area contributed by atoms with Gasteiger partial charge in [0, 0.05) is 23.5 Å². The minimum atomic E-state index is -0.432. The molecule has 2 aromatic rings. The molecule has 168 valence electrons. The molecule has 1 atom stereocenters. The van der Waals surface area contributed by atoms with Crippen molar-refractivity contribution in [3.8, 4) is 5.75 Å². The number of allylic oxidation sites excluding steroid dienone is 1. The Labute approximate surface area is 189 Å². The van der Waals surface area contributed by atoms with Gasteiger partial charge in [0.2, 0.25) is 0 Å². The molecule has 0 aliphatic carbocycles. The normalized spacial score (nSPS) is 20.1. The highest BCUT2D eigenvalue weighted by atomic mass is 19.1. The van der Waals surface area contributed by atoms with Crippen LogP contribution in [0, 0.1) is 11.7 Å². The number of halogens is 1. The van der Waals surface area contributed by atoms with Gasteiger partial charge >= 0.3 is 0 Å². The number of benzene rings is 2. The van der Waals surface area contributed by atoms with Crippen molar-refractivity contribution in [2.75, 3.05) is 18.6 Å². The zero-order chi connectivity index (χ0) is 23.0. The van der Waals surface area contributed by atoms with E-state index in [4.69, 9.17) is 9.73 Å². The summed E-state index contributed by atoms with van der Waals surface area (Å²) in [7, 11) is 1.61. The number of aliphatic imine (C=N–C) groups is 1. The minimum Gasteiger partial charge on any atom is -0.497 e. The molecular weight excluding hydrogens is 405 g/mol. The molecule has 6 heteroatoms. The predicted octanol–water partition coefficient (Wildman–Crippen LogP) is 5.05. The Hall–Kier alpha value is -3.15. The Kier molecular flexibility index (Phi) is 5.80.